The zero-order valence-electron chi connectivity index (χ0n) is 17.8. The lowest BCUT2D eigenvalue weighted by Gasteiger charge is -2.12. The van der Waals surface area contributed by atoms with Crippen LogP contribution in [0.5, 0.6) is 11.5 Å². The van der Waals surface area contributed by atoms with Crippen molar-refractivity contribution in [1.29, 1.82) is 0 Å². The summed E-state index contributed by atoms with van der Waals surface area (Å²) in [6.45, 7) is 5.22. The maximum Gasteiger partial charge on any atom is 0.136 e. The van der Waals surface area contributed by atoms with E-state index >= 15 is 0 Å². The normalized spacial score (nSPS) is 11.3. The number of nitrogens with one attached hydrogen (secondary N) is 1. The van der Waals surface area contributed by atoms with Gasteiger partial charge in [0.2, 0.25) is 0 Å². The van der Waals surface area contributed by atoms with Gasteiger partial charge in [-0.3, -0.25) is 0 Å². The number of hydrogen-bond acceptors (Lipinski definition) is 2. The second-order valence-corrected chi connectivity index (χ2v) is 8.06. The highest BCUT2D eigenvalue weighted by Crippen LogP contribution is 2.39. The molecule has 0 atom stereocenters. The van der Waals surface area contributed by atoms with Crippen molar-refractivity contribution in [1.82, 2.24) is 4.98 Å². The van der Waals surface area contributed by atoms with Crippen LogP contribution in [-0.4, -0.2) is 11.5 Å². The number of benzene rings is 3. The van der Waals surface area contributed by atoms with Gasteiger partial charge in [-0.2, -0.15) is 0 Å². The molecule has 0 bridgehead atoms. The number of H-pyrrole nitrogens is 1. The Hall–Kier alpha value is -3.04. The zero-order chi connectivity index (χ0) is 20.9. The molecule has 3 nitrogen and oxygen atoms in total. The first-order valence-electron chi connectivity index (χ1n) is 10.8. The molecule has 0 radical (unpaired) electrons. The zero-order valence-corrected chi connectivity index (χ0v) is 17.8. The van der Waals surface area contributed by atoms with Crippen LogP contribution >= 0.6 is 0 Å². The Morgan fingerprint density at radius 1 is 0.867 bits per heavy atom. The van der Waals surface area contributed by atoms with Gasteiger partial charge in [-0.1, -0.05) is 62.4 Å². The van der Waals surface area contributed by atoms with Crippen LogP contribution in [0.15, 0.2) is 72.8 Å². The Morgan fingerprint density at radius 3 is 2.40 bits per heavy atom. The first-order chi connectivity index (χ1) is 14.7. The van der Waals surface area contributed by atoms with Crippen molar-refractivity contribution in [2.45, 2.75) is 39.0 Å². The lowest BCUT2D eigenvalue weighted by Crippen LogP contribution is -1.99. The predicted molar refractivity (Wildman–Crippen MR) is 126 cm³/mol. The fraction of sp³-hybridized carbons (Fsp3) is 0.259. The number of unbranched alkanes of at least 4 members (excludes halogenated alkanes) is 1. The SMILES string of the molecule is CC(C)c1cccc2c(CCCCN)c(-c3ccccc3Oc3ccccc3)[nH]c12. The van der Waals surface area contributed by atoms with Gasteiger partial charge in [-0.05, 0) is 67.1 Å². The summed E-state index contributed by atoms with van der Waals surface area (Å²) in [7, 11) is 0. The largest absolute Gasteiger partial charge is 0.457 e. The van der Waals surface area contributed by atoms with Crippen LogP contribution in [0.4, 0.5) is 0 Å². The maximum absolute atomic E-state index is 6.28. The number of rotatable bonds is 8. The molecule has 4 rings (SSSR count). The lowest BCUT2D eigenvalue weighted by molar-refractivity contribution is 0.484. The minimum atomic E-state index is 0.452. The van der Waals surface area contributed by atoms with Crippen molar-refractivity contribution in [3.63, 3.8) is 0 Å². The standard InChI is InChI=1S/C27H30N2O/c1-19(2)21-15-10-16-23-22(13-8-9-18-28)27(29-26(21)23)24-14-6-7-17-25(24)30-20-11-4-3-5-12-20/h3-7,10-12,14-17,19,29H,8-9,13,18,28H2,1-2H3. The molecule has 154 valence electrons. The average Bonchev–Trinajstić information content (AvgIpc) is 3.13. The van der Waals surface area contributed by atoms with Gasteiger partial charge in [0.25, 0.3) is 0 Å². The molecule has 0 spiro atoms. The molecule has 1 aromatic heterocycles. The fourth-order valence-electron chi connectivity index (χ4n) is 4.09. The first-order valence-corrected chi connectivity index (χ1v) is 10.8. The third-order valence-corrected chi connectivity index (χ3v) is 5.60. The van der Waals surface area contributed by atoms with E-state index in [0.29, 0.717) is 5.92 Å². The number of aromatic nitrogens is 1. The molecule has 4 aromatic rings. The lowest BCUT2D eigenvalue weighted by atomic mass is 9.96. The molecular weight excluding hydrogens is 368 g/mol. The van der Waals surface area contributed by atoms with Gasteiger partial charge in [-0.15, -0.1) is 0 Å². The van der Waals surface area contributed by atoms with E-state index in [2.05, 4.69) is 49.2 Å². The molecule has 0 saturated carbocycles. The van der Waals surface area contributed by atoms with Gasteiger partial charge in [0.1, 0.15) is 11.5 Å². The summed E-state index contributed by atoms with van der Waals surface area (Å²) in [5, 5.41) is 1.31. The Balaban J connectivity index is 1.86. The van der Waals surface area contributed by atoms with E-state index in [0.717, 1.165) is 48.6 Å². The third-order valence-electron chi connectivity index (χ3n) is 5.60. The molecule has 3 N–H and O–H groups in total. The minimum absolute atomic E-state index is 0.452. The van der Waals surface area contributed by atoms with Gasteiger partial charge in [-0.25, -0.2) is 0 Å². The average molecular weight is 399 g/mol. The van der Waals surface area contributed by atoms with Crippen molar-refractivity contribution in [3.05, 3.63) is 83.9 Å². The number of aromatic amines is 1. The number of ether oxygens (including phenoxy) is 1. The highest BCUT2D eigenvalue weighted by Gasteiger charge is 2.19. The molecule has 0 aliphatic heterocycles. The Labute approximate surface area is 178 Å². The molecule has 1 heterocycles. The molecule has 3 aromatic carbocycles. The van der Waals surface area contributed by atoms with Crippen molar-refractivity contribution in [2.75, 3.05) is 6.54 Å². The summed E-state index contributed by atoms with van der Waals surface area (Å²) in [5.41, 5.74) is 12.0. The van der Waals surface area contributed by atoms with Gasteiger partial charge in [0.15, 0.2) is 0 Å². The van der Waals surface area contributed by atoms with Gasteiger partial charge in [0.05, 0.1) is 5.69 Å². The summed E-state index contributed by atoms with van der Waals surface area (Å²) in [6, 6.07) is 24.9. The predicted octanol–water partition coefficient (Wildman–Crippen LogP) is 7.03. The first kappa shape index (κ1) is 20.2. The van der Waals surface area contributed by atoms with Crippen LogP contribution in [0.3, 0.4) is 0 Å². The number of aryl methyl sites for hydroxylation is 1. The molecule has 0 amide bonds. The third kappa shape index (κ3) is 4.12. The highest BCUT2D eigenvalue weighted by atomic mass is 16.5. The van der Waals surface area contributed by atoms with Crippen LogP contribution in [0.1, 0.15) is 43.7 Å². The Bertz CT molecular complexity index is 1110. The second-order valence-electron chi connectivity index (χ2n) is 8.06. The highest BCUT2D eigenvalue weighted by molar-refractivity contribution is 5.94. The van der Waals surface area contributed by atoms with E-state index in [1.165, 1.54) is 22.0 Å². The van der Waals surface area contributed by atoms with E-state index in [1.54, 1.807) is 0 Å². The maximum atomic E-state index is 6.28. The summed E-state index contributed by atoms with van der Waals surface area (Å²) in [4.78, 5) is 3.77. The summed E-state index contributed by atoms with van der Waals surface area (Å²) >= 11 is 0. The van der Waals surface area contributed by atoms with Crippen LogP contribution in [0, 0.1) is 0 Å². The topological polar surface area (TPSA) is 51.0 Å². The molecule has 0 aliphatic carbocycles. The minimum Gasteiger partial charge on any atom is -0.457 e. The van der Waals surface area contributed by atoms with Gasteiger partial charge >= 0.3 is 0 Å². The Kier molecular flexibility index (Phi) is 6.20. The molecule has 0 fully saturated rings. The van der Waals surface area contributed by atoms with Gasteiger partial charge < -0.3 is 15.5 Å². The van der Waals surface area contributed by atoms with Crippen molar-refractivity contribution >= 4 is 10.9 Å². The van der Waals surface area contributed by atoms with E-state index < -0.39 is 0 Å². The van der Waals surface area contributed by atoms with Crippen LogP contribution in [0.2, 0.25) is 0 Å². The molecule has 3 heteroatoms. The van der Waals surface area contributed by atoms with Crippen LogP contribution < -0.4 is 10.5 Å². The van der Waals surface area contributed by atoms with E-state index in [1.807, 2.05) is 42.5 Å². The van der Waals surface area contributed by atoms with Crippen molar-refractivity contribution in [2.24, 2.45) is 5.73 Å². The number of para-hydroxylation sites is 3. The van der Waals surface area contributed by atoms with E-state index in [9.17, 15) is 0 Å². The molecule has 30 heavy (non-hydrogen) atoms. The molecule has 0 saturated heterocycles. The van der Waals surface area contributed by atoms with Crippen molar-refractivity contribution in [3.8, 4) is 22.8 Å². The quantitative estimate of drug-likeness (QED) is 0.313. The number of hydrogen-bond donors (Lipinski definition) is 2. The monoisotopic (exact) mass is 398 g/mol. The molecular formula is C27H30N2O. The fourth-order valence-corrected chi connectivity index (χ4v) is 4.09. The molecule has 0 aliphatic rings. The van der Waals surface area contributed by atoms with E-state index in [-0.39, 0.29) is 0 Å². The van der Waals surface area contributed by atoms with Crippen molar-refractivity contribution < 1.29 is 4.74 Å². The summed E-state index contributed by atoms with van der Waals surface area (Å²) in [5.74, 6) is 2.16. The van der Waals surface area contributed by atoms with Crippen LogP contribution in [-0.2, 0) is 6.42 Å². The van der Waals surface area contributed by atoms with E-state index in [4.69, 9.17) is 10.5 Å². The summed E-state index contributed by atoms with van der Waals surface area (Å²) < 4.78 is 6.28. The van der Waals surface area contributed by atoms with Gasteiger partial charge in [0, 0.05) is 16.5 Å². The summed E-state index contributed by atoms with van der Waals surface area (Å²) in [6.07, 6.45) is 3.09. The van der Waals surface area contributed by atoms with Crippen LogP contribution in [0.25, 0.3) is 22.2 Å². The Morgan fingerprint density at radius 2 is 1.63 bits per heavy atom. The number of nitrogens with two attached hydrogens (primary N) is 1. The molecule has 0 unspecified atom stereocenters. The number of fused-ring (bicyclic) bond motifs is 1. The smallest absolute Gasteiger partial charge is 0.136 e. The second kappa shape index (κ2) is 9.19.